The van der Waals surface area contributed by atoms with Gasteiger partial charge in [0.1, 0.15) is 29.1 Å². The summed E-state index contributed by atoms with van der Waals surface area (Å²) in [6.07, 6.45) is 2.78. The molecule has 240 valence electrons. The molecule has 5 aromatic rings. The van der Waals surface area contributed by atoms with E-state index < -0.39 is 16.9 Å². The van der Waals surface area contributed by atoms with Gasteiger partial charge in [0.25, 0.3) is 11.2 Å². The number of rotatable bonds is 10. The van der Waals surface area contributed by atoms with E-state index in [0.29, 0.717) is 50.7 Å². The molecule has 0 fully saturated rings. The van der Waals surface area contributed by atoms with Crippen molar-refractivity contribution >= 4 is 39.8 Å². The SMILES string of the molecule is CCCC1=C(C(=O)OCC)[C@@H](c2c(OC)ccc3ccccc23)n2c(s/c(=C\c3ccc(-c4ccc(OC)cc4[N+](=O)[O-])o3)c2=O)=N1. The molecule has 0 radical (unpaired) electrons. The minimum Gasteiger partial charge on any atom is -0.497 e. The highest BCUT2D eigenvalue weighted by molar-refractivity contribution is 7.07. The zero-order valence-electron chi connectivity index (χ0n) is 26.1. The van der Waals surface area contributed by atoms with Gasteiger partial charge in [0, 0.05) is 11.6 Å². The van der Waals surface area contributed by atoms with E-state index in [2.05, 4.69) is 0 Å². The van der Waals surface area contributed by atoms with Crippen molar-refractivity contribution in [1.29, 1.82) is 0 Å². The highest BCUT2D eigenvalue weighted by atomic mass is 32.1. The first-order chi connectivity index (χ1) is 22.8. The zero-order valence-corrected chi connectivity index (χ0v) is 27.0. The van der Waals surface area contributed by atoms with Gasteiger partial charge in [-0.2, -0.15) is 0 Å². The third-order valence-electron chi connectivity index (χ3n) is 7.88. The molecule has 1 aliphatic heterocycles. The fourth-order valence-electron chi connectivity index (χ4n) is 5.83. The number of nitro groups is 1. The van der Waals surface area contributed by atoms with Crippen LogP contribution in [0.1, 0.15) is 44.1 Å². The van der Waals surface area contributed by atoms with Crippen molar-refractivity contribution in [3.8, 4) is 22.8 Å². The highest BCUT2D eigenvalue weighted by Gasteiger charge is 2.37. The Labute approximate surface area is 272 Å². The Kier molecular flexibility index (Phi) is 8.77. The number of furan rings is 1. The highest BCUT2D eigenvalue weighted by Crippen LogP contribution is 2.41. The maximum absolute atomic E-state index is 14.3. The van der Waals surface area contributed by atoms with Crippen molar-refractivity contribution in [3.63, 3.8) is 0 Å². The number of fused-ring (bicyclic) bond motifs is 2. The van der Waals surface area contributed by atoms with E-state index in [0.717, 1.165) is 10.8 Å². The third-order valence-corrected chi connectivity index (χ3v) is 8.87. The molecule has 3 heterocycles. The lowest BCUT2D eigenvalue weighted by atomic mass is 9.90. The molecule has 0 saturated heterocycles. The third kappa shape index (κ3) is 5.72. The van der Waals surface area contributed by atoms with Gasteiger partial charge in [0.15, 0.2) is 4.80 Å². The smallest absolute Gasteiger partial charge is 0.338 e. The first kappa shape index (κ1) is 31.5. The second kappa shape index (κ2) is 13.1. The Hall–Kier alpha value is -5.49. The molecule has 0 saturated carbocycles. The Morgan fingerprint density at radius 3 is 2.62 bits per heavy atom. The number of carbonyl (C=O) groups is 1. The minimum absolute atomic E-state index is 0.152. The lowest BCUT2D eigenvalue weighted by molar-refractivity contribution is -0.384. The van der Waals surface area contributed by atoms with Gasteiger partial charge in [-0.15, -0.1) is 0 Å². The van der Waals surface area contributed by atoms with Crippen molar-refractivity contribution in [3.05, 3.63) is 119 Å². The maximum atomic E-state index is 14.3. The van der Waals surface area contributed by atoms with E-state index in [1.165, 1.54) is 29.1 Å². The molecule has 11 nitrogen and oxygen atoms in total. The van der Waals surface area contributed by atoms with Gasteiger partial charge < -0.3 is 18.6 Å². The molecule has 0 unspecified atom stereocenters. The number of benzene rings is 3. The Bertz CT molecular complexity index is 2240. The number of carbonyl (C=O) groups excluding carboxylic acids is 1. The van der Waals surface area contributed by atoms with Crippen LogP contribution in [0.5, 0.6) is 11.5 Å². The van der Waals surface area contributed by atoms with E-state index in [4.69, 9.17) is 23.6 Å². The summed E-state index contributed by atoms with van der Waals surface area (Å²) in [5.41, 5.74) is 1.18. The van der Waals surface area contributed by atoms with Crippen molar-refractivity contribution in [2.24, 2.45) is 4.99 Å². The van der Waals surface area contributed by atoms with Gasteiger partial charge in [-0.3, -0.25) is 19.5 Å². The number of allylic oxidation sites excluding steroid dienone is 1. The molecule has 0 spiro atoms. The quantitative estimate of drug-likeness (QED) is 0.103. The van der Waals surface area contributed by atoms with Crippen LogP contribution in [0.2, 0.25) is 0 Å². The molecule has 0 amide bonds. The summed E-state index contributed by atoms with van der Waals surface area (Å²) < 4.78 is 24.4. The fraction of sp³-hybridized carbons (Fsp3) is 0.229. The molecule has 47 heavy (non-hydrogen) atoms. The van der Waals surface area contributed by atoms with E-state index in [-0.39, 0.29) is 34.8 Å². The predicted octanol–water partition coefficient (Wildman–Crippen LogP) is 5.92. The topological polar surface area (TPSA) is 135 Å². The molecule has 0 bridgehead atoms. The molecular weight excluding hydrogens is 622 g/mol. The van der Waals surface area contributed by atoms with Crippen molar-refractivity contribution < 1.29 is 28.3 Å². The standard InChI is InChI=1S/C35H31N3O8S/c1-5-9-25-31(34(40)45-6-2)32(30-23-11-8-7-10-20(23)12-16-28(30)44-4)37-33(39)29(47-35(37)36-25)19-22-14-17-27(46-22)24-15-13-21(43-3)18-26(24)38(41)42/h7-8,10-19,32H,5-6,9H2,1-4H3/b29-19-/t32-/m1/s1. The van der Waals surface area contributed by atoms with Crippen LogP contribution in [0.15, 0.2) is 92.2 Å². The van der Waals surface area contributed by atoms with Crippen LogP contribution in [0, 0.1) is 10.1 Å². The average Bonchev–Trinajstić information content (AvgIpc) is 3.67. The second-order valence-electron chi connectivity index (χ2n) is 10.7. The van der Waals surface area contributed by atoms with Crippen molar-refractivity contribution in [1.82, 2.24) is 4.57 Å². The molecule has 1 aliphatic rings. The Balaban J connectivity index is 1.57. The number of nitrogens with zero attached hydrogens (tertiary/aromatic N) is 3. The van der Waals surface area contributed by atoms with Crippen LogP contribution < -0.4 is 24.4 Å². The van der Waals surface area contributed by atoms with Gasteiger partial charge in [-0.1, -0.05) is 55.0 Å². The lowest BCUT2D eigenvalue weighted by Crippen LogP contribution is -2.40. The van der Waals surface area contributed by atoms with Crippen LogP contribution in [-0.2, 0) is 9.53 Å². The van der Waals surface area contributed by atoms with Crippen LogP contribution in [0.4, 0.5) is 5.69 Å². The Morgan fingerprint density at radius 1 is 1.09 bits per heavy atom. The zero-order chi connectivity index (χ0) is 33.2. The van der Waals surface area contributed by atoms with E-state index in [9.17, 15) is 19.7 Å². The van der Waals surface area contributed by atoms with Gasteiger partial charge in [0.05, 0.1) is 53.2 Å². The first-order valence-corrected chi connectivity index (χ1v) is 15.8. The van der Waals surface area contributed by atoms with E-state index in [1.807, 2.05) is 43.3 Å². The number of thiazole rings is 1. The van der Waals surface area contributed by atoms with Gasteiger partial charge in [-0.05, 0) is 54.4 Å². The molecule has 0 aliphatic carbocycles. The largest absolute Gasteiger partial charge is 0.497 e. The van der Waals surface area contributed by atoms with Crippen molar-refractivity contribution in [2.45, 2.75) is 32.7 Å². The number of hydrogen-bond acceptors (Lipinski definition) is 10. The molecule has 12 heteroatoms. The summed E-state index contributed by atoms with van der Waals surface area (Å²) in [5, 5.41) is 13.5. The lowest BCUT2D eigenvalue weighted by Gasteiger charge is -2.28. The summed E-state index contributed by atoms with van der Waals surface area (Å²) in [4.78, 5) is 44.6. The van der Waals surface area contributed by atoms with Gasteiger partial charge >= 0.3 is 5.97 Å². The molecule has 0 N–H and O–H groups in total. The average molecular weight is 654 g/mol. The predicted molar refractivity (Wildman–Crippen MR) is 177 cm³/mol. The Morgan fingerprint density at radius 2 is 1.89 bits per heavy atom. The summed E-state index contributed by atoms with van der Waals surface area (Å²) in [6.45, 7) is 3.88. The number of esters is 1. The van der Waals surface area contributed by atoms with Gasteiger partial charge in [-0.25, -0.2) is 9.79 Å². The molecular formula is C35H31N3O8S. The summed E-state index contributed by atoms with van der Waals surface area (Å²) >= 11 is 1.17. The molecule has 1 atom stereocenters. The maximum Gasteiger partial charge on any atom is 0.338 e. The fourth-order valence-corrected chi connectivity index (χ4v) is 6.83. The summed E-state index contributed by atoms with van der Waals surface area (Å²) in [7, 11) is 2.99. The molecule has 3 aromatic carbocycles. The van der Waals surface area contributed by atoms with E-state index >= 15 is 0 Å². The summed E-state index contributed by atoms with van der Waals surface area (Å²) in [5.74, 6) is 0.875. The number of ether oxygens (including phenoxy) is 3. The number of aromatic nitrogens is 1. The number of hydrogen-bond donors (Lipinski definition) is 0. The van der Waals surface area contributed by atoms with Gasteiger partial charge in [0.2, 0.25) is 0 Å². The number of methoxy groups -OCH3 is 2. The van der Waals surface area contributed by atoms with Crippen LogP contribution in [0.25, 0.3) is 28.2 Å². The number of nitro benzene ring substituents is 1. The molecule has 2 aromatic heterocycles. The van der Waals surface area contributed by atoms with Crippen molar-refractivity contribution in [2.75, 3.05) is 20.8 Å². The van der Waals surface area contributed by atoms with Crippen LogP contribution in [0.3, 0.4) is 0 Å². The van der Waals surface area contributed by atoms with E-state index in [1.54, 1.807) is 44.4 Å². The molecule has 6 rings (SSSR count). The first-order valence-electron chi connectivity index (χ1n) is 15.0. The minimum atomic E-state index is -0.885. The normalized spacial score (nSPS) is 14.6. The second-order valence-corrected chi connectivity index (χ2v) is 11.7. The monoisotopic (exact) mass is 653 g/mol. The van der Waals surface area contributed by atoms with Crippen LogP contribution in [-0.4, -0.2) is 36.3 Å². The summed E-state index contributed by atoms with van der Waals surface area (Å²) in [6, 6.07) is 18.3. The van der Waals surface area contributed by atoms with Crippen LogP contribution >= 0.6 is 11.3 Å².